The highest BCUT2D eigenvalue weighted by Crippen LogP contribution is 2.22. The average Bonchev–Trinajstić information content (AvgIpc) is 2.65. The van der Waals surface area contributed by atoms with Gasteiger partial charge in [-0.05, 0) is 26.0 Å². The summed E-state index contributed by atoms with van der Waals surface area (Å²) in [5.41, 5.74) is 0. The first kappa shape index (κ1) is 10.9. The Morgan fingerprint density at radius 1 is 1.50 bits per heavy atom. The second-order valence-electron chi connectivity index (χ2n) is 2.71. The van der Waals surface area contributed by atoms with Gasteiger partial charge in [-0.3, -0.25) is 4.79 Å². The summed E-state index contributed by atoms with van der Waals surface area (Å²) in [5, 5.41) is 1.01. The molecule has 0 aliphatic carbocycles. The van der Waals surface area contributed by atoms with Gasteiger partial charge in [-0.1, -0.05) is 11.3 Å². The second-order valence-corrected chi connectivity index (χ2v) is 3.75. The molecule has 0 saturated heterocycles. The maximum atomic E-state index is 10.1. The van der Waals surface area contributed by atoms with E-state index in [2.05, 4.69) is 23.7 Å². The van der Waals surface area contributed by atoms with Crippen LogP contribution in [-0.4, -0.2) is 24.4 Å². The largest absolute Gasteiger partial charge is 0.349 e. The van der Waals surface area contributed by atoms with Crippen LogP contribution in [0.2, 0.25) is 0 Å². The van der Waals surface area contributed by atoms with Crippen molar-refractivity contribution >= 4 is 28.8 Å². The minimum absolute atomic E-state index is 0.775. The predicted molar refractivity (Wildman–Crippen MR) is 60.8 cm³/mol. The summed E-state index contributed by atoms with van der Waals surface area (Å²) in [4.78, 5) is 17.6. The Morgan fingerprint density at radius 2 is 2.21 bits per heavy atom. The van der Waals surface area contributed by atoms with Gasteiger partial charge in [-0.15, -0.1) is 0 Å². The zero-order valence-corrected chi connectivity index (χ0v) is 9.25. The number of allylic oxidation sites excluding steroid dienone is 1. The van der Waals surface area contributed by atoms with E-state index in [0.29, 0.717) is 0 Å². The fraction of sp³-hybridized carbons (Fsp3) is 0.400. The molecule has 3 nitrogen and oxygen atoms in total. The topological polar surface area (TPSA) is 33.2 Å². The third-order valence-corrected chi connectivity index (χ3v) is 2.91. The number of aromatic nitrogens is 1. The van der Waals surface area contributed by atoms with E-state index < -0.39 is 0 Å². The average molecular weight is 210 g/mol. The Labute approximate surface area is 88.1 Å². The zero-order chi connectivity index (χ0) is 10.4. The van der Waals surface area contributed by atoms with Crippen LogP contribution in [0.3, 0.4) is 0 Å². The van der Waals surface area contributed by atoms with Crippen LogP contribution >= 0.6 is 11.3 Å². The quantitative estimate of drug-likeness (QED) is 0.552. The van der Waals surface area contributed by atoms with Crippen molar-refractivity contribution in [2.75, 3.05) is 18.0 Å². The molecule has 0 N–H and O–H groups in total. The molecule has 1 aromatic heterocycles. The van der Waals surface area contributed by atoms with Crippen molar-refractivity contribution in [1.29, 1.82) is 0 Å². The highest BCUT2D eigenvalue weighted by atomic mass is 32.1. The monoisotopic (exact) mass is 210 g/mol. The summed E-state index contributed by atoms with van der Waals surface area (Å²) < 4.78 is 0. The van der Waals surface area contributed by atoms with E-state index in [1.165, 1.54) is 6.08 Å². The Balaban J connectivity index is 2.76. The predicted octanol–water partition coefficient (Wildman–Crippen LogP) is 2.20. The van der Waals surface area contributed by atoms with E-state index in [4.69, 9.17) is 0 Å². The molecule has 0 aliphatic heterocycles. The lowest BCUT2D eigenvalue weighted by atomic mass is 10.5. The van der Waals surface area contributed by atoms with E-state index in [1.807, 2.05) is 0 Å². The van der Waals surface area contributed by atoms with E-state index in [0.717, 1.165) is 29.4 Å². The van der Waals surface area contributed by atoms with E-state index >= 15 is 0 Å². The first-order chi connectivity index (χ1) is 6.81. The van der Waals surface area contributed by atoms with Crippen molar-refractivity contribution in [3.8, 4) is 0 Å². The van der Waals surface area contributed by atoms with Crippen LogP contribution in [0.15, 0.2) is 12.3 Å². The van der Waals surface area contributed by atoms with Crippen LogP contribution in [-0.2, 0) is 4.79 Å². The molecule has 76 valence electrons. The molecule has 0 aliphatic rings. The molecule has 14 heavy (non-hydrogen) atoms. The minimum atomic E-state index is 0.775. The van der Waals surface area contributed by atoms with Crippen molar-refractivity contribution in [2.24, 2.45) is 0 Å². The van der Waals surface area contributed by atoms with Gasteiger partial charge >= 0.3 is 0 Å². The molecule has 0 unspecified atom stereocenters. The molecular weight excluding hydrogens is 196 g/mol. The fourth-order valence-corrected chi connectivity index (χ4v) is 2.08. The highest BCUT2D eigenvalue weighted by molar-refractivity contribution is 7.16. The van der Waals surface area contributed by atoms with Crippen LogP contribution < -0.4 is 4.90 Å². The summed E-state index contributed by atoms with van der Waals surface area (Å²) in [7, 11) is 0. The standard InChI is InChI=1S/C10H14N2OS/c1-3-12(4-2)10-11-8-9(14-10)6-5-7-13/h5-8H,3-4H2,1-2H3. The summed E-state index contributed by atoms with van der Waals surface area (Å²) in [6.45, 7) is 6.12. The van der Waals surface area contributed by atoms with E-state index in [-0.39, 0.29) is 0 Å². The van der Waals surface area contributed by atoms with Crippen LogP contribution in [0.25, 0.3) is 6.08 Å². The summed E-state index contributed by atoms with van der Waals surface area (Å²) >= 11 is 1.60. The SMILES string of the molecule is CCN(CC)c1ncc(C=CC=O)s1. The van der Waals surface area contributed by atoms with Gasteiger partial charge in [0.15, 0.2) is 5.13 Å². The second kappa shape index (κ2) is 5.54. The molecule has 0 amide bonds. The zero-order valence-electron chi connectivity index (χ0n) is 8.43. The smallest absolute Gasteiger partial charge is 0.185 e. The molecule has 1 heterocycles. The number of carbonyl (C=O) groups is 1. The van der Waals surface area contributed by atoms with Crippen molar-refractivity contribution in [2.45, 2.75) is 13.8 Å². The number of hydrogen-bond donors (Lipinski definition) is 0. The maximum absolute atomic E-state index is 10.1. The molecule has 1 rings (SSSR count). The van der Waals surface area contributed by atoms with Gasteiger partial charge in [0.25, 0.3) is 0 Å². The molecule has 0 radical (unpaired) electrons. The lowest BCUT2D eigenvalue weighted by molar-refractivity contribution is -0.104. The van der Waals surface area contributed by atoms with Crippen LogP contribution in [0.4, 0.5) is 5.13 Å². The summed E-state index contributed by atoms with van der Waals surface area (Å²) in [6.07, 6.45) is 5.83. The van der Waals surface area contributed by atoms with Crippen molar-refractivity contribution < 1.29 is 4.79 Å². The first-order valence-corrected chi connectivity index (χ1v) is 5.46. The van der Waals surface area contributed by atoms with Crippen LogP contribution in [0, 0.1) is 0 Å². The molecule has 0 fully saturated rings. The molecule has 4 heteroatoms. The van der Waals surface area contributed by atoms with Gasteiger partial charge in [0.1, 0.15) is 6.29 Å². The number of thiazole rings is 1. The lowest BCUT2D eigenvalue weighted by Crippen LogP contribution is -2.21. The van der Waals surface area contributed by atoms with Crippen LogP contribution in [0.1, 0.15) is 18.7 Å². The molecular formula is C10H14N2OS. The van der Waals surface area contributed by atoms with E-state index in [9.17, 15) is 4.79 Å². The Hall–Kier alpha value is -1.16. The minimum Gasteiger partial charge on any atom is -0.349 e. The number of hydrogen-bond acceptors (Lipinski definition) is 4. The molecule has 0 aromatic carbocycles. The molecule has 0 spiro atoms. The van der Waals surface area contributed by atoms with Gasteiger partial charge in [-0.25, -0.2) is 4.98 Å². The van der Waals surface area contributed by atoms with Gasteiger partial charge < -0.3 is 4.90 Å². The summed E-state index contributed by atoms with van der Waals surface area (Å²) in [6, 6.07) is 0. The van der Waals surface area contributed by atoms with Gasteiger partial charge in [-0.2, -0.15) is 0 Å². The fourth-order valence-electron chi connectivity index (χ4n) is 1.13. The molecule has 0 atom stereocenters. The van der Waals surface area contributed by atoms with Crippen molar-refractivity contribution in [3.05, 3.63) is 17.2 Å². The van der Waals surface area contributed by atoms with E-state index in [1.54, 1.807) is 23.6 Å². The normalized spacial score (nSPS) is 10.7. The summed E-state index contributed by atoms with van der Waals surface area (Å²) in [5.74, 6) is 0. The maximum Gasteiger partial charge on any atom is 0.185 e. The molecule has 0 bridgehead atoms. The number of anilines is 1. The Kier molecular flexibility index (Phi) is 4.32. The van der Waals surface area contributed by atoms with Gasteiger partial charge in [0, 0.05) is 24.2 Å². The number of aldehydes is 1. The third kappa shape index (κ3) is 2.67. The third-order valence-electron chi connectivity index (χ3n) is 1.88. The first-order valence-electron chi connectivity index (χ1n) is 4.64. The number of rotatable bonds is 5. The van der Waals surface area contributed by atoms with Crippen LogP contribution in [0.5, 0.6) is 0 Å². The lowest BCUT2D eigenvalue weighted by Gasteiger charge is -2.16. The Morgan fingerprint density at radius 3 is 2.79 bits per heavy atom. The number of carbonyl (C=O) groups excluding carboxylic acids is 1. The molecule has 1 aromatic rings. The van der Waals surface area contributed by atoms with Gasteiger partial charge in [0.05, 0.1) is 0 Å². The van der Waals surface area contributed by atoms with Crippen molar-refractivity contribution in [1.82, 2.24) is 4.98 Å². The number of nitrogens with zero attached hydrogens (tertiary/aromatic N) is 2. The molecule has 0 saturated carbocycles. The Bertz CT molecular complexity index is 316. The van der Waals surface area contributed by atoms with Gasteiger partial charge in [0.2, 0.25) is 0 Å². The van der Waals surface area contributed by atoms with Crippen molar-refractivity contribution in [3.63, 3.8) is 0 Å². The highest BCUT2D eigenvalue weighted by Gasteiger charge is 2.05.